The van der Waals surface area contributed by atoms with Crippen LogP contribution in [0.3, 0.4) is 0 Å². The molecule has 0 bridgehead atoms. The summed E-state index contributed by atoms with van der Waals surface area (Å²) in [6, 6.07) is 12.0. The standard InChI is InChI=1S/C19H27N3O2.HI/c1-5-20-18(21-13-17-10-7-11-24-17)22-14-19(2,3)15-8-6-9-16(12-15)23-4;/h6-12H,5,13-14H2,1-4H3,(H2,20,21,22);1H. The molecule has 138 valence electrons. The van der Waals surface area contributed by atoms with Gasteiger partial charge in [0.1, 0.15) is 18.1 Å². The van der Waals surface area contributed by atoms with Gasteiger partial charge in [0.05, 0.1) is 13.4 Å². The Morgan fingerprint density at radius 2 is 2.00 bits per heavy atom. The summed E-state index contributed by atoms with van der Waals surface area (Å²) in [5.74, 6) is 2.50. The number of guanidine groups is 1. The maximum atomic E-state index is 5.33. The van der Waals surface area contributed by atoms with Gasteiger partial charge in [-0.3, -0.25) is 0 Å². The van der Waals surface area contributed by atoms with E-state index < -0.39 is 0 Å². The molecule has 1 aromatic carbocycles. The molecule has 2 rings (SSSR count). The van der Waals surface area contributed by atoms with Crippen molar-refractivity contribution in [2.24, 2.45) is 4.99 Å². The Bertz CT molecular complexity index is 654. The molecule has 0 aliphatic carbocycles. The molecule has 0 spiro atoms. The Hall–Kier alpha value is -1.70. The van der Waals surface area contributed by atoms with Crippen molar-refractivity contribution in [2.75, 3.05) is 20.2 Å². The monoisotopic (exact) mass is 457 g/mol. The van der Waals surface area contributed by atoms with Crippen LogP contribution in [0.4, 0.5) is 0 Å². The molecule has 0 saturated heterocycles. The zero-order chi connectivity index (χ0) is 17.4. The summed E-state index contributed by atoms with van der Waals surface area (Å²) in [6.45, 7) is 8.53. The van der Waals surface area contributed by atoms with Gasteiger partial charge in [0.2, 0.25) is 0 Å². The van der Waals surface area contributed by atoms with Gasteiger partial charge in [-0.05, 0) is 36.8 Å². The van der Waals surface area contributed by atoms with E-state index in [0.717, 1.165) is 30.6 Å². The second-order valence-corrected chi connectivity index (χ2v) is 6.24. The van der Waals surface area contributed by atoms with Crippen molar-refractivity contribution in [1.29, 1.82) is 0 Å². The van der Waals surface area contributed by atoms with E-state index in [4.69, 9.17) is 9.15 Å². The molecular formula is C19H28IN3O2. The predicted octanol–water partition coefficient (Wildman–Crippen LogP) is 3.94. The van der Waals surface area contributed by atoms with E-state index in [1.54, 1.807) is 13.4 Å². The fourth-order valence-electron chi connectivity index (χ4n) is 2.35. The summed E-state index contributed by atoms with van der Waals surface area (Å²) in [5, 5.41) is 6.68. The number of aliphatic imine (C=N–C) groups is 1. The minimum Gasteiger partial charge on any atom is -0.497 e. The van der Waals surface area contributed by atoms with E-state index >= 15 is 0 Å². The van der Waals surface area contributed by atoms with Crippen molar-refractivity contribution in [3.05, 3.63) is 54.0 Å². The highest BCUT2D eigenvalue weighted by Crippen LogP contribution is 2.25. The summed E-state index contributed by atoms with van der Waals surface area (Å²) >= 11 is 0. The first kappa shape index (κ1) is 21.3. The minimum absolute atomic E-state index is 0. The first-order chi connectivity index (χ1) is 11.5. The summed E-state index contributed by atoms with van der Waals surface area (Å²) in [7, 11) is 1.69. The van der Waals surface area contributed by atoms with E-state index in [-0.39, 0.29) is 29.4 Å². The van der Waals surface area contributed by atoms with Crippen LogP contribution in [0.15, 0.2) is 52.1 Å². The molecule has 0 atom stereocenters. The summed E-state index contributed by atoms with van der Waals surface area (Å²) in [4.78, 5) is 4.56. The van der Waals surface area contributed by atoms with Crippen LogP contribution in [-0.4, -0.2) is 26.2 Å². The molecule has 0 saturated carbocycles. The van der Waals surface area contributed by atoms with Gasteiger partial charge in [0.15, 0.2) is 5.96 Å². The molecule has 0 amide bonds. The maximum Gasteiger partial charge on any atom is 0.191 e. The number of benzene rings is 1. The van der Waals surface area contributed by atoms with Crippen molar-refractivity contribution < 1.29 is 9.15 Å². The third-order valence-electron chi connectivity index (χ3n) is 3.87. The van der Waals surface area contributed by atoms with Crippen LogP contribution in [-0.2, 0) is 12.0 Å². The second kappa shape index (κ2) is 10.3. The van der Waals surface area contributed by atoms with Gasteiger partial charge in [0, 0.05) is 18.5 Å². The highest BCUT2D eigenvalue weighted by molar-refractivity contribution is 14.0. The lowest BCUT2D eigenvalue weighted by molar-refractivity contribution is 0.411. The Labute approximate surface area is 167 Å². The van der Waals surface area contributed by atoms with E-state index in [1.165, 1.54) is 5.56 Å². The third kappa shape index (κ3) is 6.61. The molecule has 0 radical (unpaired) electrons. The highest BCUT2D eigenvalue weighted by atomic mass is 127. The first-order valence-electron chi connectivity index (χ1n) is 8.24. The Balaban J connectivity index is 0.00000312. The number of nitrogens with zero attached hydrogens (tertiary/aromatic N) is 1. The molecule has 2 N–H and O–H groups in total. The van der Waals surface area contributed by atoms with Crippen LogP contribution in [0.1, 0.15) is 32.1 Å². The zero-order valence-electron chi connectivity index (χ0n) is 15.3. The van der Waals surface area contributed by atoms with Crippen LogP contribution in [0, 0.1) is 0 Å². The lowest BCUT2D eigenvalue weighted by Gasteiger charge is -2.27. The molecule has 0 aliphatic heterocycles. The lowest BCUT2D eigenvalue weighted by atomic mass is 9.84. The third-order valence-corrected chi connectivity index (χ3v) is 3.87. The number of halogens is 1. The van der Waals surface area contributed by atoms with Crippen molar-refractivity contribution in [3.8, 4) is 5.75 Å². The maximum absolute atomic E-state index is 5.33. The summed E-state index contributed by atoms with van der Waals surface area (Å²) < 4.78 is 10.7. The van der Waals surface area contributed by atoms with E-state index in [9.17, 15) is 0 Å². The van der Waals surface area contributed by atoms with E-state index in [0.29, 0.717) is 6.54 Å². The SMILES string of the molecule is CCNC(=NCc1ccco1)NCC(C)(C)c1cccc(OC)c1.I. The number of rotatable bonds is 7. The van der Waals surface area contributed by atoms with Gasteiger partial charge >= 0.3 is 0 Å². The molecule has 6 heteroatoms. The molecule has 1 heterocycles. The average molecular weight is 457 g/mol. The molecule has 5 nitrogen and oxygen atoms in total. The van der Waals surface area contributed by atoms with Gasteiger partial charge < -0.3 is 19.8 Å². The molecule has 2 aromatic rings. The van der Waals surface area contributed by atoms with E-state index in [2.05, 4.69) is 48.5 Å². The van der Waals surface area contributed by atoms with Crippen molar-refractivity contribution in [2.45, 2.75) is 32.7 Å². The predicted molar refractivity (Wildman–Crippen MR) is 113 cm³/mol. The Kier molecular flexibility index (Phi) is 8.82. The fraction of sp³-hybridized carbons (Fsp3) is 0.421. The van der Waals surface area contributed by atoms with Crippen LogP contribution >= 0.6 is 24.0 Å². The number of furan rings is 1. The average Bonchev–Trinajstić information content (AvgIpc) is 3.11. The van der Waals surface area contributed by atoms with Crippen molar-refractivity contribution >= 4 is 29.9 Å². The molecule has 0 unspecified atom stereocenters. The smallest absolute Gasteiger partial charge is 0.191 e. The number of methoxy groups -OCH3 is 1. The van der Waals surface area contributed by atoms with E-state index in [1.807, 2.05) is 24.3 Å². The molecule has 0 aliphatic rings. The number of hydrogen-bond acceptors (Lipinski definition) is 3. The normalized spacial score (nSPS) is 11.6. The molecular weight excluding hydrogens is 429 g/mol. The first-order valence-corrected chi connectivity index (χ1v) is 8.24. The zero-order valence-corrected chi connectivity index (χ0v) is 17.7. The molecule has 1 aromatic heterocycles. The largest absolute Gasteiger partial charge is 0.497 e. The van der Waals surface area contributed by atoms with Crippen molar-refractivity contribution in [3.63, 3.8) is 0 Å². The second-order valence-electron chi connectivity index (χ2n) is 6.24. The number of ether oxygens (including phenoxy) is 1. The Morgan fingerprint density at radius 3 is 2.64 bits per heavy atom. The number of nitrogens with one attached hydrogen (secondary N) is 2. The molecule has 0 fully saturated rings. The Morgan fingerprint density at radius 1 is 1.20 bits per heavy atom. The molecule has 25 heavy (non-hydrogen) atoms. The van der Waals surface area contributed by atoms with Crippen LogP contribution in [0.2, 0.25) is 0 Å². The van der Waals surface area contributed by atoms with Gasteiger partial charge in [-0.2, -0.15) is 0 Å². The van der Waals surface area contributed by atoms with Crippen LogP contribution in [0.5, 0.6) is 5.75 Å². The van der Waals surface area contributed by atoms with Gasteiger partial charge in [0.25, 0.3) is 0 Å². The van der Waals surface area contributed by atoms with Crippen molar-refractivity contribution in [1.82, 2.24) is 10.6 Å². The highest BCUT2D eigenvalue weighted by Gasteiger charge is 2.21. The van der Waals surface area contributed by atoms with Gasteiger partial charge in [-0.15, -0.1) is 24.0 Å². The van der Waals surface area contributed by atoms with Gasteiger partial charge in [-0.25, -0.2) is 4.99 Å². The summed E-state index contributed by atoms with van der Waals surface area (Å²) in [6.07, 6.45) is 1.66. The summed E-state index contributed by atoms with van der Waals surface area (Å²) in [5.41, 5.74) is 1.16. The lowest BCUT2D eigenvalue weighted by Crippen LogP contribution is -2.43. The fourth-order valence-corrected chi connectivity index (χ4v) is 2.35. The quantitative estimate of drug-likeness (QED) is 0.376. The topological polar surface area (TPSA) is 58.8 Å². The van der Waals surface area contributed by atoms with Gasteiger partial charge in [-0.1, -0.05) is 26.0 Å². The van der Waals surface area contributed by atoms with Crippen LogP contribution < -0.4 is 15.4 Å². The number of hydrogen-bond donors (Lipinski definition) is 2. The van der Waals surface area contributed by atoms with Crippen LogP contribution in [0.25, 0.3) is 0 Å². The minimum atomic E-state index is -0.0601.